The molecule has 2 amide bonds. The van der Waals surface area contributed by atoms with E-state index in [0.717, 1.165) is 32.2 Å². The zero-order valence-corrected chi connectivity index (χ0v) is 21.2. The molecule has 35 heavy (non-hydrogen) atoms. The summed E-state index contributed by atoms with van der Waals surface area (Å²) in [5.41, 5.74) is 5.07. The van der Waals surface area contributed by atoms with Crippen LogP contribution in [0.15, 0.2) is 0 Å². The molecule has 1 saturated carbocycles. The number of hydrogen-bond acceptors (Lipinski definition) is 7. The monoisotopic (exact) mass is 511 g/mol. The Hall–Kier alpha value is -2.40. The van der Waals surface area contributed by atoms with Crippen molar-refractivity contribution in [2.75, 3.05) is 43.6 Å². The SMILES string of the molecule is CN1CC2CN(c3nc(Cl)nc(NNC(=O)[C@@H](CNC(=O)O)CC4CCCC4)c3F)CC2C1(C)C. The summed E-state index contributed by atoms with van der Waals surface area (Å²) in [6.07, 6.45) is 3.64. The van der Waals surface area contributed by atoms with E-state index in [-0.39, 0.29) is 29.0 Å². The van der Waals surface area contributed by atoms with Crippen LogP contribution in [0.1, 0.15) is 46.0 Å². The number of rotatable bonds is 8. The summed E-state index contributed by atoms with van der Waals surface area (Å²) >= 11 is 6.12. The van der Waals surface area contributed by atoms with Gasteiger partial charge in [-0.25, -0.2) is 4.79 Å². The normalized spacial score (nSPS) is 24.9. The number of hydrogen-bond donors (Lipinski definition) is 4. The van der Waals surface area contributed by atoms with Crippen molar-refractivity contribution in [2.24, 2.45) is 23.7 Å². The minimum Gasteiger partial charge on any atom is -0.465 e. The van der Waals surface area contributed by atoms with E-state index in [2.05, 4.69) is 51.9 Å². The first-order valence-electron chi connectivity index (χ1n) is 12.3. The van der Waals surface area contributed by atoms with Gasteiger partial charge in [0.15, 0.2) is 11.6 Å². The molecule has 3 fully saturated rings. The van der Waals surface area contributed by atoms with Crippen molar-refractivity contribution in [1.29, 1.82) is 0 Å². The van der Waals surface area contributed by atoms with Crippen molar-refractivity contribution in [3.63, 3.8) is 0 Å². The maximum absolute atomic E-state index is 15.4. The van der Waals surface area contributed by atoms with Gasteiger partial charge in [-0.2, -0.15) is 14.4 Å². The maximum Gasteiger partial charge on any atom is 0.404 e. The lowest BCUT2D eigenvalue weighted by Crippen LogP contribution is -2.43. The van der Waals surface area contributed by atoms with Gasteiger partial charge in [0.1, 0.15) is 0 Å². The second-order valence-electron chi connectivity index (χ2n) is 10.7. The number of carbonyl (C=O) groups excluding carboxylic acids is 1. The molecule has 1 aromatic heterocycles. The lowest BCUT2D eigenvalue weighted by atomic mass is 9.85. The fourth-order valence-electron chi connectivity index (χ4n) is 5.97. The summed E-state index contributed by atoms with van der Waals surface area (Å²) in [4.78, 5) is 36.2. The van der Waals surface area contributed by atoms with Crippen LogP contribution in [-0.2, 0) is 4.79 Å². The van der Waals surface area contributed by atoms with Gasteiger partial charge in [0.25, 0.3) is 0 Å². The molecule has 1 aromatic rings. The highest BCUT2D eigenvalue weighted by Crippen LogP contribution is 2.44. The van der Waals surface area contributed by atoms with Crippen molar-refractivity contribution >= 4 is 35.2 Å². The average molecular weight is 512 g/mol. The fourth-order valence-corrected chi connectivity index (χ4v) is 6.13. The van der Waals surface area contributed by atoms with Crippen molar-refractivity contribution in [3.8, 4) is 0 Å². The number of aromatic nitrogens is 2. The molecule has 2 saturated heterocycles. The molecule has 3 atom stereocenters. The number of carboxylic acid groups (broad SMARTS) is 1. The predicted molar refractivity (Wildman–Crippen MR) is 131 cm³/mol. The number of carbonyl (C=O) groups is 2. The molecule has 10 nitrogen and oxygen atoms in total. The van der Waals surface area contributed by atoms with E-state index in [1.165, 1.54) is 0 Å². The van der Waals surface area contributed by atoms with Crippen LogP contribution >= 0.6 is 11.6 Å². The zero-order valence-electron chi connectivity index (χ0n) is 20.5. The number of fused-ring (bicyclic) bond motifs is 1. The zero-order chi connectivity index (χ0) is 25.3. The number of hydrazine groups is 1. The number of nitrogens with zero attached hydrogens (tertiary/aromatic N) is 4. The van der Waals surface area contributed by atoms with Crippen molar-refractivity contribution in [2.45, 2.75) is 51.5 Å². The molecule has 4 rings (SSSR count). The van der Waals surface area contributed by atoms with Crippen molar-refractivity contribution in [3.05, 3.63) is 11.1 Å². The first kappa shape index (κ1) is 25.7. The Balaban J connectivity index is 1.43. The first-order chi connectivity index (χ1) is 16.6. The van der Waals surface area contributed by atoms with Crippen LogP contribution in [0.4, 0.5) is 20.8 Å². The molecule has 194 valence electrons. The van der Waals surface area contributed by atoms with E-state index >= 15 is 4.39 Å². The minimum atomic E-state index is -1.19. The second kappa shape index (κ2) is 10.3. The van der Waals surface area contributed by atoms with Crippen LogP contribution in [0, 0.1) is 29.5 Å². The smallest absolute Gasteiger partial charge is 0.404 e. The molecular weight excluding hydrogens is 477 g/mol. The molecular formula is C23H35ClFN7O3. The Morgan fingerprint density at radius 1 is 1.23 bits per heavy atom. The highest BCUT2D eigenvalue weighted by Gasteiger charge is 2.51. The van der Waals surface area contributed by atoms with Gasteiger partial charge in [-0.15, -0.1) is 0 Å². The van der Waals surface area contributed by atoms with Crippen molar-refractivity contribution in [1.82, 2.24) is 25.6 Å². The topological polar surface area (TPSA) is 123 Å². The molecule has 0 bridgehead atoms. The lowest BCUT2D eigenvalue weighted by molar-refractivity contribution is -0.124. The molecule has 2 aliphatic heterocycles. The van der Waals surface area contributed by atoms with E-state index in [1.807, 2.05) is 4.90 Å². The maximum atomic E-state index is 15.4. The highest BCUT2D eigenvalue weighted by atomic mass is 35.5. The van der Waals surface area contributed by atoms with E-state index in [9.17, 15) is 9.59 Å². The van der Waals surface area contributed by atoms with Gasteiger partial charge < -0.3 is 20.2 Å². The van der Waals surface area contributed by atoms with Gasteiger partial charge in [-0.05, 0) is 50.8 Å². The quantitative estimate of drug-likeness (QED) is 0.310. The highest BCUT2D eigenvalue weighted by molar-refractivity contribution is 6.28. The number of likely N-dealkylation sites (tertiary alicyclic amines) is 1. The van der Waals surface area contributed by atoms with Crippen LogP contribution in [-0.4, -0.2) is 70.7 Å². The minimum absolute atomic E-state index is 0.0000892. The van der Waals surface area contributed by atoms with Crippen LogP contribution in [0.25, 0.3) is 0 Å². The summed E-state index contributed by atoms with van der Waals surface area (Å²) in [6, 6.07) is 0. The van der Waals surface area contributed by atoms with Gasteiger partial charge in [0.05, 0.1) is 5.92 Å². The summed E-state index contributed by atoms with van der Waals surface area (Å²) in [6.45, 7) is 6.64. The lowest BCUT2D eigenvalue weighted by Gasteiger charge is -2.34. The predicted octanol–water partition coefficient (Wildman–Crippen LogP) is 2.95. The third-order valence-corrected chi connectivity index (χ3v) is 8.38. The largest absolute Gasteiger partial charge is 0.465 e. The molecule has 3 aliphatic rings. The van der Waals surface area contributed by atoms with Crippen LogP contribution in [0.2, 0.25) is 5.28 Å². The van der Waals surface area contributed by atoms with Crippen LogP contribution in [0.3, 0.4) is 0 Å². The molecule has 3 heterocycles. The molecule has 2 unspecified atom stereocenters. The Bertz CT molecular complexity index is 959. The molecule has 0 spiro atoms. The van der Waals surface area contributed by atoms with Crippen LogP contribution in [0.5, 0.6) is 0 Å². The van der Waals surface area contributed by atoms with Gasteiger partial charge >= 0.3 is 6.09 Å². The Labute approximate surface area is 210 Å². The first-order valence-corrected chi connectivity index (χ1v) is 12.7. The molecule has 4 N–H and O–H groups in total. The van der Waals surface area contributed by atoms with E-state index < -0.39 is 23.7 Å². The third kappa shape index (κ3) is 5.55. The molecule has 0 aromatic carbocycles. The molecule has 0 radical (unpaired) electrons. The Morgan fingerprint density at radius 3 is 2.60 bits per heavy atom. The molecule has 12 heteroatoms. The third-order valence-electron chi connectivity index (χ3n) is 8.21. The second-order valence-corrected chi connectivity index (χ2v) is 11.0. The van der Waals surface area contributed by atoms with Gasteiger partial charge in [0.2, 0.25) is 17.0 Å². The van der Waals surface area contributed by atoms with E-state index in [1.54, 1.807) is 0 Å². The number of halogens is 2. The summed E-state index contributed by atoms with van der Waals surface area (Å²) in [5, 5.41) is 11.1. The van der Waals surface area contributed by atoms with Gasteiger partial charge in [-0.1, -0.05) is 25.7 Å². The van der Waals surface area contributed by atoms with Gasteiger partial charge in [0, 0.05) is 37.6 Å². The molecule has 1 aliphatic carbocycles. The Morgan fingerprint density at radius 2 is 1.94 bits per heavy atom. The average Bonchev–Trinajstić information content (AvgIpc) is 3.50. The fraction of sp³-hybridized carbons (Fsp3) is 0.739. The Kier molecular flexibility index (Phi) is 7.56. The van der Waals surface area contributed by atoms with E-state index in [0.29, 0.717) is 37.3 Å². The van der Waals surface area contributed by atoms with Crippen LogP contribution < -0.4 is 21.1 Å². The summed E-state index contributed by atoms with van der Waals surface area (Å²) in [5.74, 6) is -0.655. The summed E-state index contributed by atoms with van der Waals surface area (Å²) in [7, 11) is 2.11. The number of nitrogens with one attached hydrogen (secondary N) is 3. The number of anilines is 2. The standard InChI is InChI=1S/C23H35ClFN7O3/c1-23(2)16-12-32(11-15(16)10-31(23)3)19-17(25)18(27-21(24)28-19)29-30-20(33)14(9-26-22(34)35)8-13-6-4-5-7-13/h13-16,26H,4-12H2,1-3H3,(H,30,33)(H,34,35)(H,27,28,29)/t14-,15?,16?/m1/s1. The van der Waals surface area contributed by atoms with Crippen molar-refractivity contribution < 1.29 is 19.1 Å². The summed E-state index contributed by atoms with van der Waals surface area (Å²) < 4.78 is 15.4. The number of amides is 2. The van der Waals surface area contributed by atoms with E-state index in [4.69, 9.17) is 16.7 Å². The van der Waals surface area contributed by atoms with Gasteiger partial charge in [-0.3, -0.25) is 15.6 Å².